The summed E-state index contributed by atoms with van der Waals surface area (Å²) in [6, 6.07) is 17.8. The Labute approximate surface area is 199 Å². The standard InChI is InChI=1S/C25H32N2O5S/c1-5-31-22(28)16-27(20-14-10-7-11-15-20)23(29)21(26-24(30)32-25(2,3)4)18-33-17-19-12-8-6-9-13-19/h6-15,21H,5,16-18H2,1-4H3,(H,26,30)/t21-/m0/s1. The second kappa shape index (κ2) is 12.9. The third kappa shape index (κ3) is 9.57. The second-order valence-electron chi connectivity index (χ2n) is 8.26. The number of hydrogen-bond acceptors (Lipinski definition) is 6. The van der Waals surface area contributed by atoms with Crippen LogP contribution in [0, 0.1) is 0 Å². The van der Waals surface area contributed by atoms with E-state index in [4.69, 9.17) is 9.47 Å². The lowest BCUT2D eigenvalue weighted by molar-refractivity contribution is -0.142. The number of anilines is 1. The van der Waals surface area contributed by atoms with Gasteiger partial charge in [-0.05, 0) is 45.4 Å². The summed E-state index contributed by atoms with van der Waals surface area (Å²) in [7, 11) is 0. The van der Waals surface area contributed by atoms with E-state index in [-0.39, 0.29) is 13.2 Å². The Morgan fingerprint density at radius 2 is 1.61 bits per heavy atom. The average molecular weight is 473 g/mol. The summed E-state index contributed by atoms with van der Waals surface area (Å²) in [6.07, 6.45) is -0.690. The number of amides is 2. The molecule has 0 saturated heterocycles. The Morgan fingerprint density at radius 3 is 2.18 bits per heavy atom. The first-order valence-electron chi connectivity index (χ1n) is 10.8. The first-order valence-corrected chi connectivity index (χ1v) is 12.0. The molecule has 1 atom stereocenters. The van der Waals surface area contributed by atoms with Crippen molar-refractivity contribution in [3.8, 4) is 0 Å². The van der Waals surface area contributed by atoms with E-state index in [9.17, 15) is 14.4 Å². The smallest absolute Gasteiger partial charge is 0.408 e. The summed E-state index contributed by atoms with van der Waals surface area (Å²) in [4.78, 5) is 39.6. The van der Waals surface area contributed by atoms with Crippen molar-refractivity contribution < 1.29 is 23.9 Å². The van der Waals surface area contributed by atoms with E-state index in [1.165, 1.54) is 16.7 Å². The molecule has 0 aromatic heterocycles. The van der Waals surface area contributed by atoms with E-state index >= 15 is 0 Å². The molecule has 2 rings (SSSR count). The zero-order chi connectivity index (χ0) is 24.3. The van der Waals surface area contributed by atoms with Crippen molar-refractivity contribution in [3.05, 3.63) is 66.2 Å². The Balaban J connectivity index is 2.22. The van der Waals surface area contributed by atoms with Gasteiger partial charge in [0.25, 0.3) is 5.91 Å². The normalized spacial score (nSPS) is 11.9. The minimum Gasteiger partial charge on any atom is -0.465 e. The number of rotatable bonds is 10. The van der Waals surface area contributed by atoms with Crippen LogP contribution in [0.25, 0.3) is 0 Å². The maximum absolute atomic E-state index is 13.6. The molecule has 178 valence electrons. The third-order valence-corrected chi connectivity index (χ3v) is 5.42. The van der Waals surface area contributed by atoms with Gasteiger partial charge in [0, 0.05) is 17.2 Å². The van der Waals surface area contributed by atoms with Crippen molar-refractivity contribution in [1.29, 1.82) is 0 Å². The number of carbonyl (C=O) groups is 3. The van der Waals surface area contributed by atoms with Crippen LogP contribution in [-0.4, -0.2) is 48.5 Å². The van der Waals surface area contributed by atoms with E-state index in [0.717, 1.165) is 5.56 Å². The minimum absolute atomic E-state index is 0.210. The summed E-state index contributed by atoms with van der Waals surface area (Å²) < 4.78 is 10.4. The molecule has 0 aliphatic heterocycles. The molecule has 0 heterocycles. The number of nitrogens with zero attached hydrogens (tertiary/aromatic N) is 1. The average Bonchev–Trinajstić information content (AvgIpc) is 2.76. The van der Waals surface area contributed by atoms with Crippen LogP contribution in [0.5, 0.6) is 0 Å². The van der Waals surface area contributed by atoms with Crippen LogP contribution in [-0.2, 0) is 24.8 Å². The molecule has 0 unspecified atom stereocenters. The summed E-state index contributed by atoms with van der Waals surface area (Å²) in [6.45, 7) is 6.92. The molecule has 8 heteroatoms. The van der Waals surface area contributed by atoms with Crippen LogP contribution >= 0.6 is 11.8 Å². The van der Waals surface area contributed by atoms with Crippen molar-refractivity contribution in [1.82, 2.24) is 5.32 Å². The molecule has 2 aromatic carbocycles. The van der Waals surface area contributed by atoms with Crippen molar-refractivity contribution in [2.24, 2.45) is 0 Å². The molecular weight excluding hydrogens is 440 g/mol. The molecule has 0 aliphatic rings. The number of nitrogens with one attached hydrogen (secondary N) is 1. The number of para-hydroxylation sites is 1. The highest BCUT2D eigenvalue weighted by molar-refractivity contribution is 7.98. The Hall–Kier alpha value is -3.00. The molecule has 0 aliphatic carbocycles. The van der Waals surface area contributed by atoms with E-state index in [2.05, 4.69) is 5.32 Å². The number of hydrogen-bond donors (Lipinski definition) is 1. The summed E-state index contributed by atoms with van der Waals surface area (Å²) >= 11 is 1.51. The number of thioether (sulfide) groups is 1. The molecule has 0 bridgehead atoms. The second-order valence-corrected chi connectivity index (χ2v) is 9.29. The lowest BCUT2D eigenvalue weighted by atomic mass is 10.2. The molecule has 0 radical (unpaired) electrons. The van der Waals surface area contributed by atoms with Gasteiger partial charge in [-0.15, -0.1) is 0 Å². The van der Waals surface area contributed by atoms with Crippen LogP contribution in [0.4, 0.5) is 10.5 Å². The molecule has 0 spiro atoms. The first-order chi connectivity index (χ1) is 15.7. The number of benzene rings is 2. The Bertz CT molecular complexity index is 900. The number of alkyl carbamates (subject to hydrolysis) is 1. The highest BCUT2D eigenvalue weighted by Crippen LogP contribution is 2.19. The van der Waals surface area contributed by atoms with Crippen LogP contribution < -0.4 is 10.2 Å². The van der Waals surface area contributed by atoms with Crippen molar-refractivity contribution in [3.63, 3.8) is 0 Å². The van der Waals surface area contributed by atoms with Crippen molar-refractivity contribution >= 4 is 35.4 Å². The first kappa shape index (κ1) is 26.3. The van der Waals surface area contributed by atoms with E-state index in [1.54, 1.807) is 52.0 Å². The monoisotopic (exact) mass is 472 g/mol. The van der Waals surface area contributed by atoms with Gasteiger partial charge in [-0.3, -0.25) is 14.5 Å². The molecule has 2 amide bonds. The zero-order valence-electron chi connectivity index (χ0n) is 19.6. The number of esters is 1. The van der Waals surface area contributed by atoms with Gasteiger partial charge in [-0.1, -0.05) is 48.5 Å². The lowest BCUT2D eigenvalue weighted by Gasteiger charge is -2.28. The predicted octanol–water partition coefficient (Wildman–Crippen LogP) is 4.41. The molecular formula is C25H32N2O5S. The highest BCUT2D eigenvalue weighted by atomic mass is 32.2. The zero-order valence-corrected chi connectivity index (χ0v) is 20.4. The van der Waals surface area contributed by atoms with Gasteiger partial charge >= 0.3 is 12.1 Å². The maximum atomic E-state index is 13.6. The largest absolute Gasteiger partial charge is 0.465 e. The number of carbonyl (C=O) groups excluding carboxylic acids is 3. The lowest BCUT2D eigenvalue weighted by Crippen LogP contribution is -2.52. The fourth-order valence-electron chi connectivity index (χ4n) is 2.92. The van der Waals surface area contributed by atoms with E-state index < -0.39 is 29.6 Å². The third-order valence-electron chi connectivity index (χ3n) is 4.31. The quantitative estimate of drug-likeness (QED) is 0.516. The molecule has 0 saturated carbocycles. The van der Waals surface area contributed by atoms with Gasteiger partial charge in [-0.25, -0.2) is 4.79 Å². The van der Waals surface area contributed by atoms with Gasteiger partial charge in [-0.2, -0.15) is 11.8 Å². The summed E-state index contributed by atoms with van der Waals surface area (Å²) in [5.41, 5.74) is 0.941. The van der Waals surface area contributed by atoms with Gasteiger partial charge < -0.3 is 14.8 Å². The fourth-order valence-corrected chi connectivity index (χ4v) is 3.93. The van der Waals surface area contributed by atoms with Gasteiger partial charge in [0.2, 0.25) is 0 Å². The molecule has 7 nitrogen and oxygen atoms in total. The van der Waals surface area contributed by atoms with Crippen molar-refractivity contribution in [2.45, 2.75) is 45.1 Å². The van der Waals surface area contributed by atoms with Crippen LogP contribution in [0.1, 0.15) is 33.3 Å². The minimum atomic E-state index is -0.900. The Morgan fingerprint density at radius 1 is 1.00 bits per heavy atom. The number of ether oxygens (including phenoxy) is 2. The van der Waals surface area contributed by atoms with Crippen molar-refractivity contribution in [2.75, 3.05) is 23.8 Å². The maximum Gasteiger partial charge on any atom is 0.408 e. The Kier molecular flexibility index (Phi) is 10.3. The summed E-state index contributed by atoms with van der Waals surface area (Å²) in [5.74, 6) is 0.0338. The van der Waals surface area contributed by atoms with Gasteiger partial charge in [0.15, 0.2) is 0 Å². The van der Waals surface area contributed by atoms with Gasteiger partial charge in [0.1, 0.15) is 18.2 Å². The fraction of sp³-hybridized carbons (Fsp3) is 0.400. The highest BCUT2D eigenvalue weighted by Gasteiger charge is 2.30. The van der Waals surface area contributed by atoms with E-state index in [1.807, 2.05) is 36.4 Å². The SMILES string of the molecule is CCOC(=O)CN(C(=O)[C@H](CSCc1ccccc1)NC(=O)OC(C)(C)C)c1ccccc1. The molecule has 2 aromatic rings. The summed E-state index contributed by atoms with van der Waals surface area (Å²) in [5, 5.41) is 2.69. The topological polar surface area (TPSA) is 84.9 Å². The molecule has 1 N–H and O–H groups in total. The van der Waals surface area contributed by atoms with Crippen LogP contribution in [0.15, 0.2) is 60.7 Å². The predicted molar refractivity (Wildman–Crippen MR) is 131 cm³/mol. The van der Waals surface area contributed by atoms with E-state index in [0.29, 0.717) is 17.2 Å². The van der Waals surface area contributed by atoms with Crippen LogP contribution in [0.2, 0.25) is 0 Å². The van der Waals surface area contributed by atoms with Gasteiger partial charge in [0.05, 0.1) is 6.61 Å². The van der Waals surface area contributed by atoms with Crippen LogP contribution in [0.3, 0.4) is 0 Å². The molecule has 33 heavy (non-hydrogen) atoms. The molecule has 0 fully saturated rings.